The third kappa shape index (κ3) is 2.67. The quantitative estimate of drug-likeness (QED) is 0.833. The van der Waals surface area contributed by atoms with Gasteiger partial charge in [0.1, 0.15) is 0 Å². The number of halogens is 1. The lowest BCUT2D eigenvalue weighted by atomic mass is 9.44. The molecular formula is C22H32ClNO. The first-order chi connectivity index (χ1) is 11.7. The zero-order valence-electron chi connectivity index (χ0n) is 15.4. The van der Waals surface area contributed by atoms with Crippen LogP contribution in [0.3, 0.4) is 0 Å². The predicted molar refractivity (Wildman–Crippen MR) is 104 cm³/mol. The molecule has 4 saturated carbocycles. The molecule has 0 spiro atoms. The molecule has 2 atom stereocenters. The highest BCUT2D eigenvalue weighted by Crippen LogP contribution is 2.68. The third-order valence-electron chi connectivity index (χ3n) is 7.77. The zero-order chi connectivity index (χ0) is 16.2. The minimum atomic E-state index is -0.0220. The molecule has 0 aromatic heterocycles. The van der Waals surface area contributed by atoms with E-state index < -0.39 is 0 Å². The van der Waals surface area contributed by atoms with Gasteiger partial charge in [-0.15, -0.1) is 12.4 Å². The van der Waals surface area contributed by atoms with Crippen LogP contribution in [0.25, 0.3) is 0 Å². The highest BCUT2D eigenvalue weighted by atomic mass is 35.5. The van der Waals surface area contributed by atoms with Crippen molar-refractivity contribution in [3.8, 4) is 0 Å². The first kappa shape index (κ1) is 17.8. The SMILES string of the molecule is CNCC1COC(c2ccccc2)(C23CC4CC(CC(C4)C2)C3)C1.Cl. The molecule has 4 bridgehead atoms. The van der Waals surface area contributed by atoms with Crippen LogP contribution in [0.5, 0.6) is 0 Å². The highest BCUT2D eigenvalue weighted by molar-refractivity contribution is 5.85. The van der Waals surface area contributed by atoms with Crippen LogP contribution in [-0.2, 0) is 10.3 Å². The summed E-state index contributed by atoms with van der Waals surface area (Å²) in [7, 11) is 2.08. The lowest BCUT2D eigenvalue weighted by molar-refractivity contribution is -0.190. The maximum absolute atomic E-state index is 6.84. The van der Waals surface area contributed by atoms with Crippen LogP contribution in [0.15, 0.2) is 30.3 Å². The summed E-state index contributed by atoms with van der Waals surface area (Å²) in [5.41, 5.74) is 1.85. The molecule has 1 aromatic rings. The average molecular weight is 362 g/mol. The molecule has 1 aliphatic heterocycles. The Morgan fingerprint density at radius 1 is 0.960 bits per heavy atom. The molecule has 1 aromatic carbocycles. The van der Waals surface area contributed by atoms with E-state index in [9.17, 15) is 0 Å². The molecule has 0 amide bonds. The molecule has 25 heavy (non-hydrogen) atoms. The Bertz CT molecular complexity index is 568. The minimum absolute atomic E-state index is 0. The summed E-state index contributed by atoms with van der Waals surface area (Å²) in [6.45, 7) is 2.01. The number of rotatable bonds is 4. The van der Waals surface area contributed by atoms with Crippen molar-refractivity contribution in [1.29, 1.82) is 0 Å². The van der Waals surface area contributed by atoms with E-state index in [1.165, 1.54) is 50.5 Å². The van der Waals surface area contributed by atoms with Crippen molar-refractivity contribution in [2.45, 2.75) is 50.5 Å². The second-order valence-electron chi connectivity index (χ2n) is 9.33. The van der Waals surface area contributed by atoms with Crippen LogP contribution in [-0.4, -0.2) is 20.2 Å². The Hall–Kier alpha value is -0.570. The minimum Gasteiger partial charge on any atom is -0.369 e. The molecule has 5 fully saturated rings. The van der Waals surface area contributed by atoms with Gasteiger partial charge in [-0.1, -0.05) is 30.3 Å². The predicted octanol–water partition coefficient (Wildman–Crippen LogP) is 4.78. The van der Waals surface area contributed by atoms with Gasteiger partial charge in [-0.3, -0.25) is 0 Å². The van der Waals surface area contributed by atoms with E-state index in [1.54, 1.807) is 0 Å². The number of ether oxygens (including phenoxy) is 1. The molecule has 4 aliphatic carbocycles. The summed E-state index contributed by atoms with van der Waals surface area (Å²) >= 11 is 0. The van der Waals surface area contributed by atoms with Crippen molar-refractivity contribution < 1.29 is 4.74 Å². The van der Waals surface area contributed by atoms with E-state index in [-0.39, 0.29) is 18.0 Å². The van der Waals surface area contributed by atoms with E-state index >= 15 is 0 Å². The lowest BCUT2D eigenvalue weighted by Crippen LogP contribution is -2.56. The molecule has 5 aliphatic rings. The third-order valence-corrected chi connectivity index (χ3v) is 7.77. The highest BCUT2D eigenvalue weighted by Gasteiger charge is 2.63. The maximum Gasteiger partial charge on any atom is 0.0991 e. The lowest BCUT2D eigenvalue weighted by Gasteiger charge is -2.62. The Morgan fingerprint density at radius 3 is 2.12 bits per heavy atom. The Labute approximate surface area is 158 Å². The molecule has 1 saturated heterocycles. The summed E-state index contributed by atoms with van der Waals surface area (Å²) < 4.78 is 6.84. The van der Waals surface area contributed by atoms with E-state index in [2.05, 4.69) is 42.7 Å². The first-order valence-corrected chi connectivity index (χ1v) is 10.1. The molecule has 3 heteroatoms. The van der Waals surface area contributed by atoms with Crippen molar-refractivity contribution in [3.63, 3.8) is 0 Å². The van der Waals surface area contributed by atoms with Crippen molar-refractivity contribution in [1.82, 2.24) is 5.32 Å². The normalized spacial score (nSPS) is 44.7. The van der Waals surface area contributed by atoms with Gasteiger partial charge in [-0.25, -0.2) is 0 Å². The van der Waals surface area contributed by atoms with Crippen molar-refractivity contribution >= 4 is 12.4 Å². The van der Waals surface area contributed by atoms with E-state index in [4.69, 9.17) is 4.74 Å². The number of hydrogen-bond donors (Lipinski definition) is 1. The molecule has 1 N–H and O–H groups in total. The van der Waals surface area contributed by atoms with E-state index in [1.807, 2.05) is 0 Å². The fourth-order valence-electron chi connectivity index (χ4n) is 7.39. The molecule has 138 valence electrons. The smallest absolute Gasteiger partial charge is 0.0991 e. The molecule has 2 nitrogen and oxygen atoms in total. The van der Waals surface area contributed by atoms with E-state index in [0.29, 0.717) is 11.3 Å². The van der Waals surface area contributed by atoms with Gasteiger partial charge in [0, 0.05) is 5.41 Å². The van der Waals surface area contributed by atoms with Gasteiger partial charge < -0.3 is 10.1 Å². The van der Waals surface area contributed by atoms with Gasteiger partial charge >= 0.3 is 0 Å². The van der Waals surface area contributed by atoms with Crippen LogP contribution in [0.2, 0.25) is 0 Å². The van der Waals surface area contributed by atoms with Gasteiger partial charge in [0.05, 0.1) is 12.2 Å². The molecule has 6 rings (SSSR count). The topological polar surface area (TPSA) is 21.3 Å². The van der Waals surface area contributed by atoms with Gasteiger partial charge in [0.2, 0.25) is 0 Å². The van der Waals surface area contributed by atoms with Gasteiger partial charge in [0.15, 0.2) is 0 Å². The van der Waals surface area contributed by atoms with Gasteiger partial charge in [-0.2, -0.15) is 0 Å². The van der Waals surface area contributed by atoms with Crippen molar-refractivity contribution in [3.05, 3.63) is 35.9 Å². The summed E-state index contributed by atoms with van der Waals surface area (Å²) in [6, 6.07) is 11.3. The second kappa shape index (κ2) is 6.55. The maximum atomic E-state index is 6.84. The summed E-state index contributed by atoms with van der Waals surface area (Å²) in [5, 5.41) is 3.39. The van der Waals surface area contributed by atoms with Crippen LogP contribution in [0.4, 0.5) is 0 Å². The van der Waals surface area contributed by atoms with Crippen LogP contribution in [0, 0.1) is 29.1 Å². The molecule has 1 heterocycles. The van der Waals surface area contributed by atoms with Crippen LogP contribution >= 0.6 is 12.4 Å². The fourth-order valence-corrected chi connectivity index (χ4v) is 7.39. The second-order valence-corrected chi connectivity index (χ2v) is 9.33. The standard InChI is InChI=1S/C22H31NO.ClH/c1-23-14-19-13-22(24-15-19,20-5-3-2-4-6-20)21-10-16-7-17(11-21)9-18(8-16)12-21;/h2-6,16-19,23H,7-15H2,1H3;1H. The molecule has 0 radical (unpaired) electrons. The van der Waals surface area contributed by atoms with Crippen molar-refractivity contribution in [2.24, 2.45) is 29.1 Å². The number of benzene rings is 1. The summed E-state index contributed by atoms with van der Waals surface area (Å²) in [5.74, 6) is 3.58. The first-order valence-electron chi connectivity index (χ1n) is 10.1. The Kier molecular flexibility index (Phi) is 4.67. The Morgan fingerprint density at radius 2 is 1.56 bits per heavy atom. The van der Waals surface area contributed by atoms with E-state index in [0.717, 1.165) is 30.9 Å². The summed E-state index contributed by atoms with van der Waals surface area (Å²) in [6.07, 6.45) is 9.97. The van der Waals surface area contributed by atoms with Crippen LogP contribution in [0.1, 0.15) is 50.5 Å². The zero-order valence-corrected chi connectivity index (χ0v) is 16.2. The van der Waals surface area contributed by atoms with Gasteiger partial charge in [-0.05, 0) is 87.8 Å². The van der Waals surface area contributed by atoms with Crippen molar-refractivity contribution in [2.75, 3.05) is 20.2 Å². The monoisotopic (exact) mass is 361 g/mol. The number of nitrogens with one attached hydrogen (secondary N) is 1. The van der Waals surface area contributed by atoms with Gasteiger partial charge in [0.25, 0.3) is 0 Å². The molecular weight excluding hydrogens is 330 g/mol. The molecule has 2 unspecified atom stereocenters. The largest absolute Gasteiger partial charge is 0.369 e. The Balaban J connectivity index is 0.00000157. The number of hydrogen-bond acceptors (Lipinski definition) is 2. The average Bonchev–Trinajstić information content (AvgIpc) is 3.01. The summed E-state index contributed by atoms with van der Waals surface area (Å²) in [4.78, 5) is 0. The fraction of sp³-hybridized carbons (Fsp3) is 0.727. The van der Waals surface area contributed by atoms with Crippen LogP contribution < -0.4 is 5.32 Å².